The maximum absolute atomic E-state index is 9.40. The molecule has 1 aromatic carbocycles. The van der Waals surface area contributed by atoms with Crippen LogP contribution in [0.4, 0.5) is 0 Å². The second kappa shape index (κ2) is 2.47. The summed E-state index contributed by atoms with van der Waals surface area (Å²) in [4.78, 5) is 0. The van der Waals surface area contributed by atoms with Gasteiger partial charge in [0, 0.05) is 4.47 Å². The van der Waals surface area contributed by atoms with Crippen LogP contribution in [-0.4, -0.2) is 5.11 Å². The molecule has 0 saturated carbocycles. The molecule has 1 aromatic rings. The molecule has 0 bridgehead atoms. The standard InChI is InChI=1S/C9H7BrO/c10-7-3-1-6-2-4-9(11)8(6)5-7/h1-5,9,11H/t9-/m0/s1. The molecule has 56 valence electrons. The maximum Gasteiger partial charge on any atom is 0.0981 e. The predicted molar refractivity (Wildman–Crippen MR) is 48.1 cm³/mol. The molecule has 0 unspecified atom stereocenters. The number of fused-ring (bicyclic) bond motifs is 1. The zero-order chi connectivity index (χ0) is 7.84. The van der Waals surface area contributed by atoms with E-state index in [1.807, 2.05) is 24.3 Å². The van der Waals surface area contributed by atoms with Crippen molar-refractivity contribution in [2.45, 2.75) is 6.10 Å². The molecular formula is C9H7BrO. The molecule has 0 aliphatic heterocycles. The molecule has 1 nitrogen and oxygen atoms in total. The summed E-state index contributed by atoms with van der Waals surface area (Å²) in [7, 11) is 0. The Morgan fingerprint density at radius 3 is 3.00 bits per heavy atom. The number of rotatable bonds is 0. The van der Waals surface area contributed by atoms with E-state index in [0.29, 0.717) is 0 Å². The molecule has 1 N–H and O–H groups in total. The van der Waals surface area contributed by atoms with Crippen LogP contribution in [0, 0.1) is 0 Å². The zero-order valence-electron chi connectivity index (χ0n) is 5.79. The Kier molecular flexibility index (Phi) is 1.59. The van der Waals surface area contributed by atoms with Crippen LogP contribution in [0.3, 0.4) is 0 Å². The van der Waals surface area contributed by atoms with Crippen molar-refractivity contribution in [3.05, 3.63) is 39.9 Å². The Labute approximate surface area is 73.5 Å². The summed E-state index contributed by atoms with van der Waals surface area (Å²) in [6.07, 6.45) is 3.31. The van der Waals surface area contributed by atoms with Gasteiger partial charge in [0.25, 0.3) is 0 Å². The van der Waals surface area contributed by atoms with Crippen LogP contribution >= 0.6 is 15.9 Å². The molecule has 1 atom stereocenters. The van der Waals surface area contributed by atoms with Crippen LogP contribution in [0.15, 0.2) is 28.7 Å². The first kappa shape index (κ1) is 7.07. The first-order valence-corrected chi connectivity index (χ1v) is 4.22. The van der Waals surface area contributed by atoms with Gasteiger partial charge in [-0.2, -0.15) is 0 Å². The van der Waals surface area contributed by atoms with Gasteiger partial charge in [0.05, 0.1) is 6.10 Å². The van der Waals surface area contributed by atoms with Crippen molar-refractivity contribution >= 4 is 22.0 Å². The van der Waals surface area contributed by atoms with E-state index in [1.54, 1.807) is 6.08 Å². The molecule has 0 heterocycles. The number of hydrogen-bond acceptors (Lipinski definition) is 1. The van der Waals surface area contributed by atoms with Gasteiger partial charge in [-0.05, 0) is 23.3 Å². The second-order valence-electron chi connectivity index (χ2n) is 2.58. The zero-order valence-corrected chi connectivity index (χ0v) is 7.38. The third-order valence-electron chi connectivity index (χ3n) is 1.83. The fourth-order valence-electron chi connectivity index (χ4n) is 1.25. The third kappa shape index (κ3) is 1.12. The third-order valence-corrected chi connectivity index (χ3v) is 2.32. The number of aliphatic hydroxyl groups excluding tert-OH is 1. The van der Waals surface area contributed by atoms with E-state index in [2.05, 4.69) is 15.9 Å². The molecule has 2 rings (SSSR count). The van der Waals surface area contributed by atoms with E-state index >= 15 is 0 Å². The average Bonchev–Trinajstić information content (AvgIpc) is 2.33. The largest absolute Gasteiger partial charge is 0.384 e. The van der Waals surface area contributed by atoms with Gasteiger partial charge in [0.15, 0.2) is 0 Å². The molecule has 0 aromatic heterocycles. The van der Waals surface area contributed by atoms with Gasteiger partial charge < -0.3 is 5.11 Å². The van der Waals surface area contributed by atoms with Crippen molar-refractivity contribution in [1.29, 1.82) is 0 Å². The second-order valence-corrected chi connectivity index (χ2v) is 3.49. The average molecular weight is 211 g/mol. The minimum Gasteiger partial charge on any atom is -0.384 e. The summed E-state index contributed by atoms with van der Waals surface area (Å²) < 4.78 is 1.01. The van der Waals surface area contributed by atoms with Gasteiger partial charge in [-0.1, -0.05) is 34.1 Å². The molecule has 11 heavy (non-hydrogen) atoms. The van der Waals surface area contributed by atoms with Gasteiger partial charge in [-0.3, -0.25) is 0 Å². The quantitative estimate of drug-likeness (QED) is 0.698. The summed E-state index contributed by atoms with van der Waals surface area (Å²) in [5.74, 6) is 0. The van der Waals surface area contributed by atoms with Gasteiger partial charge in [0.2, 0.25) is 0 Å². The summed E-state index contributed by atoms with van der Waals surface area (Å²) in [6.45, 7) is 0. The fourth-order valence-corrected chi connectivity index (χ4v) is 1.63. The number of aliphatic hydroxyl groups is 1. The minimum absolute atomic E-state index is 0.414. The molecule has 1 aliphatic rings. The van der Waals surface area contributed by atoms with Crippen molar-refractivity contribution in [2.75, 3.05) is 0 Å². The Morgan fingerprint density at radius 1 is 1.36 bits per heavy atom. The van der Waals surface area contributed by atoms with E-state index in [0.717, 1.165) is 15.6 Å². The Morgan fingerprint density at radius 2 is 2.18 bits per heavy atom. The molecule has 0 spiro atoms. The highest BCUT2D eigenvalue weighted by atomic mass is 79.9. The van der Waals surface area contributed by atoms with Gasteiger partial charge in [-0.15, -0.1) is 0 Å². The molecular weight excluding hydrogens is 204 g/mol. The fraction of sp³-hybridized carbons (Fsp3) is 0.111. The highest BCUT2D eigenvalue weighted by molar-refractivity contribution is 9.10. The SMILES string of the molecule is O[C@H]1C=Cc2ccc(Br)cc21. The number of benzene rings is 1. The summed E-state index contributed by atoms with van der Waals surface area (Å²) >= 11 is 3.35. The Bertz CT molecular complexity index is 317. The maximum atomic E-state index is 9.40. The van der Waals surface area contributed by atoms with Crippen LogP contribution in [-0.2, 0) is 0 Å². The summed E-state index contributed by atoms with van der Waals surface area (Å²) in [5.41, 5.74) is 2.10. The van der Waals surface area contributed by atoms with Crippen molar-refractivity contribution in [2.24, 2.45) is 0 Å². The van der Waals surface area contributed by atoms with Gasteiger partial charge >= 0.3 is 0 Å². The van der Waals surface area contributed by atoms with E-state index in [1.165, 1.54) is 0 Å². The van der Waals surface area contributed by atoms with Crippen molar-refractivity contribution in [3.8, 4) is 0 Å². The van der Waals surface area contributed by atoms with Gasteiger partial charge in [-0.25, -0.2) is 0 Å². The molecule has 0 fully saturated rings. The molecule has 0 amide bonds. The smallest absolute Gasteiger partial charge is 0.0981 e. The van der Waals surface area contributed by atoms with Crippen LogP contribution in [0.1, 0.15) is 17.2 Å². The minimum atomic E-state index is -0.414. The topological polar surface area (TPSA) is 20.2 Å². The lowest BCUT2D eigenvalue weighted by Crippen LogP contribution is -1.89. The monoisotopic (exact) mass is 210 g/mol. The van der Waals surface area contributed by atoms with E-state index in [4.69, 9.17) is 0 Å². The van der Waals surface area contributed by atoms with Gasteiger partial charge in [0.1, 0.15) is 0 Å². The summed E-state index contributed by atoms with van der Waals surface area (Å²) in [5, 5.41) is 9.40. The lowest BCUT2D eigenvalue weighted by molar-refractivity contribution is 0.232. The van der Waals surface area contributed by atoms with Crippen molar-refractivity contribution in [1.82, 2.24) is 0 Å². The lowest BCUT2D eigenvalue weighted by atomic mass is 10.1. The molecule has 0 radical (unpaired) electrons. The number of halogens is 1. The normalized spacial score (nSPS) is 20.4. The predicted octanol–water partition coefficient (Wildman–Crippen LogP) is 2.51. The van der Waals surface area contributed by atoms with E-state index < -0.39 is 6.10 Å². The lowest BCUT2D eigenvalue weighted by Gasteiger charge is -2.03. The first-order chi connectivity index (χ1) is 5.27. The van der Waals surface area contributed by atoms with Crippen molar-refractivity contribution < 1.29 is 5.11 Å². The highest BCUT2D eigenvalue weighted by Gasteiger charge is 2.13. The van der Waals surface area contributed by atoms with Crippen molar-refractivity contribution in [3.63, 3.8) is 0 Å². The Balaban J connectivity index is 2.58. The molecule has 2 heteroatoms. The van der Waals surface area contributed by atoms with E-state index in [-0.39, 0.29) is 0 Å². The molecule has 1 aliphatic carbocycles. The number of hydrogen-bond donors (Lipinski definition) is 1. The van der Waals surface area contributed by atoms with Crippen LogP contribution in [0.2, 0.25) is 0 Å². The molecule has 0 saturated heterocycles. The van der Waals surface area contributed by atoms with E-state index in [9.17, 15) is 5.11 Å². The summed E-state index contributed by atoms with van der Waals surface area (Å²) in [6, 6.07) is 5.91. The highest BCUT2D eigenvalue weighted by Crippen LogP contribution is 2.29. The van der Waals surface area contributed by atoms with Crippen LogP contribution < -0.4 is 0 Å². The Hall–Kier alpha value is -0.600. The first-order valence-electron chi connectivity index (χ1n) is 3.43. The van der Waals surface area contributed by atoms with Crippen LogP contribution in [0.25, 0.3) is 6.08 Å². The van der Waals surface area contributed by atoms with Crippen LogP contribution in [0.5, 0.6) is 0 Å².